The molecule has 7 aromatic rings. The topological polar surface area (TPSA) is 13.1 Å². The standard InChI is InChI=1S/C28H15BOS/c29-17-12-14-21-24(15-17)30-23-9-3-7-19(26(21)23)20-8-4-10-25-27(20)22-13-11-16-5-1-2-6-18(16)28(22)31-25/h1-15H. The summed E-state index contributed by atoms with van der Waals surface area (Å²) in [5.41, 5.74) is 4.87. The molecule has 2 heterocycles. The van der Waals surface area contributed by atoms with Gasteiger partial charge in [0.25, 0.3) is 0 Å². The summed E-state index contributed by atoms with van der Waals surface area (Å²) in [6.07, 6.45) is 0. The van der Waals surface area contributed by atoms with E-state index in [-0.39, 0.29) is 0 Å². The van der Waals surface area contributed by atoms with Crippen LogP contribution in [-0.4, -0.2) is 7.85 Å². The molecular formula is C28H15BOS. The molecule has 3 heteroatoms. The van der Waals surface area contributed by atoms with Crippen molar-refractivity contribution in [3.05, 3.63) is 91.0 Å². The number of benzene rings is 5. The molecule has 0 fully saturated rings. The highest BCUT2D eigenvalue weighted by Gasteiger charge is 2.17. The molecule has 142 valence electrons. The van der Waals surface area contributed by atoms with Gasteiger partial charge in [-0.1, -0.05) is 78.3 Å². The minimum absolute atomic E-state index is 0.714. The Kier molecular flexibility index (Phi) is 3.45. The summed E-state index contributed by atoms with van der Waals surface area (Å²) in [4.78, 5) is 0. The second-order valence-electron chi connectivity index (χ2n) is 7.98. The van der Waals surface area contributed by atoms with Crippen molar-refractivity contribution in [3.8, 4) is 11.1 Å². The van der Waals surface area contributed by atoms with Crippen LogP contribution in [0.4, 0.5) is 0 Å². The molecule has 1 nitrogen and oxygen atoms in total. The Hall–Kier alpha value is -3.56. The molecule has 0 bridgehead atoms. The van der Waals surface area contributed by atoms with Crippen molar-refractivity contribution < 1.29 is 4.42 Å². The van der Waals surface area contributed by atoms with E-state index in [1.54, 1.807) is 0 Å². The second kappa shape index (κ2) is 6.22. The van der Waals surface area contributed by atoms with E-state index in [4.69, 9.17) is 12.3 Å². The van der Waals surface area contributed by atoms with Crippen LogP contribution in [0.1, 0.15) is 0 Å². The molecule has 31 heavy (non-hydrogen) atoms. The third-order valence-electron chi connectivity index (χ3n) is 6.20. The molecule has 0 spiro atoms. The first kappa shape index (κ1) is 17.2. The maximum atomic E-state index is 6.16. The average Bonchev–Trinajstić information content (AvgIpc) is 3.36. The Morgan fingerprint density at radius 3 is 2.35 bits per heavy atom. The molecular weight excluding hydrogens is 395 g/mol. The van der Waals surface area contributed by atoms with E-state index < -0.39 is 0 Å². The summed E-state index contributed by atoms with van der Waals surface area (Å²) < 4.78 is 8.81. The van der Waals surface area contributed by atoms with Gasteiger partial charge in [0.05, 0.1) is 0 Å². The number of thiophene rings is 1. The van der Waals surface area contributed by atoms with Gasteiger partial charge in [-0.05, 0) is 40.1 Å². The minimum Gasteiger partial charge on any atom is -0.456 e. The zero-order chi connectivity index (χ0) is 20.5. The third kappa shape index (κ3) is 2.38. The van der Waals surface area contributed by atoms with E-state index in [9.17, 15) is 0 Å². The van der Waals surface area contributed by atoms with Gasteiger partial charge in [0.2, 0.25) is 0 Å². The highest BCUT2D eigenvalue weighted by molar-refractivity contribution is 7.26. The Bertz CT molecular complexity index is 1810. The van der Waals surface area contributed by atoms with E-state index in [0.29, 0.717) is 5.46 Å². The van der Waals surface area contributed by atoms with Gasteiger partial charge in [-0.3, -0.25) is 0 Å². The number of rotatable bonds is 1. The molecule has 0 saturated heterocycles. The van der Waals surface area contributed by atoms with Crippen LogP contribution in [0.2, 0.25) is 0 Å². The van der Waals surface area contributed by atoms with Crippen molar-refractivity contribution in [2.75, 3.05) is 0 Å². The fourth-order valence-electron chi connectivity index (χ4n) is 4.85. The van der Waals surface area contributed by atoms with Crippen LogP contribution < -0.4 is 5.46 Å². The molecule has 0 aliphatic heterocycles. The number of hydrogen-bond acceptors (Lipinski definition) is 2. The minimum atomic E-state index is 0.714. The summed E-state index contributed by atoms with van der Waals surface area (Å²) >= 11 is 1.87. The highest BCUT2D eigenvalue weighted by atomic mass is 32.1. The molecule has 0 aliphatic rings. The summed E-state index contributed by atoms with van der Waals surface area (Å²) in [5.74, 6) is 0. The molecule has 0 aliphatic carbocycles. The molecule has 5 aromatic carbocycles. The number of hydrogen-bond donors (Lipinski definition) is 0. The SMILES string of the molecule is [B]c1ccc2c(c1)oc1cccc(-c3cccc4sc5c6ccccc6ccc5c34)c12. The van der Waals surface area contributed by atoms with Crippen molar-refractivity contribution in [2.45, 2.75) is 0 Å². The second-order valence-corrected chi connectivity index (χ2v) is 9.03. The van der Waals surface area contributed by atoms with E-state index in [0.717, 1.165) is 21.9 Å². The number of fused-ring (bicyclic) bond motifs is 8. The van der Waals surface area contributed by atoms with Crippen LogP contribution >= 0.6 is 11.3 Å². The molecule has 2 radical (unpaired) electrons. The van der Waals surface area contributed by atoms with Crippen LogP contribution in [0.3, 0.4) is 0 Å². The lowest BCUT2D eigenvalue weighted by molar-refractivity contribution is 0.669. The molecule has 0 unspecified atom stereocenters. The Morgan fingerprint density at radius 2 is 1.42 bits per heavy atom. The van der Waals surface area contributed by atoms with Crippen LogP contribution in [-0.2, 0) is 0 Å². The van der Waals surface area contributed by atoms with Crippen molar-refractivity contribution in [3.63, 3.8) is 0 Å². The van der Waals surface area contributed by atoms with Crippen molar-refractivity contribution in [2.24, 2.45) is 0 Å². The van der Waals surface area contributed by atoms with Gasteiger partial charge < -0.3 is 4.42 Å². The predicted molar refractivity (Wildman–Crippen MR) is 135 cm³/mol. The Balaban J connectivity index is 1.64. The van der Waals surface area contributed by atoms with E-state index >= 15 is 0 Å². The number of furan rings is 1. The first-order chi connectivity index (χ1) is 15.3. The molecule has 0 amide bonds. The lowest BCUT2D eigenvalue weighted by Crippen LogP contribution is -1.98. The highest BCUT2D eigenvalue weighted by Crippen LogP contribution is 2.45. The van der Waals surface area contributed by atoms with Crippen LogP contribution in [0.5, 0.6) is 0 Å². The van der Waals surface area contributed by atoms with Gasteiger partial charge in [0, 0.05) is 30.9 Å². The first-order valence-electron chi connectivity index (χ1n) is 10.3. The lowest BCUT2D eigenvalue weighted by atomic mass is 9.92. The summed E-state index contributed by atoms with van der Waals surface area (Å²) in [5, 5.41) is 7.46. The normalized spacial score (nSPS) is 12.0. The fourth-order valence-corrected chi connectivity index (χ4v) is 6.11. The van der Waals surface area contributed by atoms with Crippen LogP contribution in [0.25, 0.3) is 64.0 Å². The van der Waals surface area contributed by atoms with Crippen LogP contribution in [0, 0.1) is 0 Å². The summed E-state index contributed by atoms with van der Waals surface area (Å²) in [6, 6.07) is 32.0. The monoisotopic (exact) mass is 410 g/mol. The zero-order valence-corrected chi connectivity index (χ0v) is 17.4. The van der Waals surface area contributed by atoms with Crippen LogP contribution in [0.15, 0.2) is 95.4 Å². The maximum absolute atomic E-state index is 6.16. The van der Waals surface area contributed by atoms with Crippen molar-refractivity contribution in [1.29, 1.82) is 0 Å². The van der Waals surface area contributed by atoms with Gasteiger partial charge in [-0.2, -0.15) is 0 Å². The van der Waals surface area contributed by atoms with Crippen molar-refractivity contribution in [1.82, 2.24) is 0 Å². The predicted octanol–water partition coefficient (Wildman–Crippen LogP) is 7.57. The van der Waals surface area contributed by atoms with Gasteiger partial charge in [0.1, 0.15) is 19.0 Å². The van der Waals surface area contributed by atoms with E-state index in [1.807, 2.05) is 29.5 Å². The van der Waals surface area contributed by atoms with Gasteiger partial charge >= 0.3 is 0 Å². The Labute approximate surface area is 183 Å². The van der Waals surface area contributed by atoms with Gasteiger partial charge in [0.15, 0.2) is 0 Å². The molecule has 2 aromatic heterocycles. The molecule has 7 rings (SSSR count). The Morgan fingerprint density at radius 1 is 0.613 bits per heavy atom. The smallest absolute Gasteiger partial charge is 0.136 e. The van der Waals surface area contributed by atoms with E-state index in [2.05, 4.69) is 72.8 Å². The molecule has 0 N–H and O–H groups in total. The summed E-state index contributed by atoms with van der Waals surface area (Å²) in [6.45, 7) is 0. The van der Waals surface area contributed by atoms with E-state index in [1.165, 1.54) is 42.1 Å². The zero-order valence-electron chi connectivity index (χ0n) is 16.6. The summed E-state index contributed by atoms with van der Waals surface area (Å²) in [7, 11) is 6.00. The average molecular weight is 410 g/mol. The fraction of sp³-hybridized carbons (Fsp3) is 0. The maximum Gasteiger partial charge on any atom is 0.136 e. The van der Waals surface area contributed by atoms with Gasteiger partial charge in [-0.25, -0.2) is 0 Å². The van der Waals surface area contributed by atoms with Crippen molar-refractivity contribution >= 4 is 77.5 Å². The molecule has 0 saturated carbocycles. The van der Waals surface area contributed by atoms with Gasteiger partial charge in [-0.15, -0.1) is 11.3 Å². The lowest BCUT2D eigenvalue weighted by Gasteiger charge is -2.07. The third-order valence-corrected chi connectivity index (χ3v) is 7.40. The molecule has 0 atom stereocenters. The largest absolute Gasteiger partial charge is 0.456 e. The first-order valence-corrected chi connectivity index (χ1v) is 11.1. The quantitative estimate of drug-likeness (QED) is 0.255.